The van der Waals surface area contributed by atoms with E-state index in [1.54, 1.807) is 24.5 Å². The number of aromatic nitrogens is 2. The molecule has 0 spiro atoms. The van der Waals surface area contributed by atoms with Crippen LogP contribution in [-0.2, 0) is 6.54 Å². The summed E-state index contributed by atoms with van der Waals surface area (Å²) in [6, 6.07) is 4.69. The normalized spacial score (nSPS) is 10.2. The van der Waals surface area contributed by atoms with Crippen LogP contribution in [-0.4, -0.2) is 21.0 Å². The molecule has 1 heterocycles. The number of carbonyl (C=O) groups is 1. The average Bonchev–Trinajstić information content (AvgIpc) is 2.40. The monoisotopic (exact) mass is 321 g/mol. The fraction of sp³-hybridized carbons (Fsp3) is 0.154. The van der Waals surface area contributed by atoms with E-state index in [4.69, 9.17) is 0 Å². The lowest BCUT2D eigenvalue weighted by Crippen LogP contribution is -2.23. The van der Waals surface area contributed by atoms with Gasteiger partial charge < -0.3 is 10.4 Å². The molecule has 6 heteroatoms. The summed E-state index contributed by atoms with van der Waals surface area (Å²) in [5.41, 5.74) is 1.70. The quantitative estimate of drug-likeness (QED) is 0.908. The molecule has 0 fully saturated rings. The first-order valence-electron chi connectivity index (χ1n) is 5.60. The van der Waals surface area contributed by atoms with Gasteiger partial charge in [-0.3, -0.25) is 14.8 Å². The first-order valence-corrected chi connectivity index (χ1v) is 6.40. The predicted molar refractivity (Wildman–Crippen MR) is 73.7 cm³/mol. The number of aromatic hydroxyl groups is 1. The number of hydrogen-bond acceptors (Lipinski definition) is 4. The summed E-state index contributed by atoms with van der Waals surface area (Å²) in [6.07, 6.45) is 3.24. The zero-order valence-corrected chi connectivity index (χ0v) is 11.8. The summed E-state index contributed by atoms with van der Waals surface area (Å²) >= 11 is 3.26. The fourth-order valence-corrected chi connectivity index (χ4v) is 1.83. The van der Waals surface area contributed by atoms with E-state index in [0.29, 0.717) is 5.69 Å². The van der Waals surface area contributed by atoms with E-state index in [0.717, 1.165) is 10.2 Å². The van der Waals surface area contributed by atoms with E-state index in [9.17, 15) is 9.90 Å². The second-order valence-electron chi connectivity index (χ2n) is 3.99. The van der Waals surface area contributed by atoms with Crippen LogP contribution in [0.4, 0.5) is 0 Å². The minimum Gasteiger partial charge on any atom is -0.507 e. The summed E-state index contributed by atoms with van der Waals surface area (Å²) < 4.78 is 0.727. The topological polar surface area (TPSA) is 75.1 Å². The highest BCUT2D eigenvalue weighted by Crippen LogP contribution is 2.21. The third kappa shape index (κ3) is 3.51. The smallest absolute Gasteiger partial charge is 0.255 e. The molecule has 0 aliphatic carbocycles. The molecule has 5 nitrogen and oxygen atoms in total. The van der Waals surface area contributed by atoms with Gasteiger partial charge in [0.1, 0.15) is 5.75 Å². The predicted octanol–water partition coefficient (Wildman–Crippen LogP) is 2.18. The Kier molecular flexibility index (Phi) is 4.11. The lowest BCUT2D eigenvalue weighted by atomic mass is 10.2. The number of phenols is 1. The molecular weight excluding hydrogens is 310 g/mol. The van der Waals surface area contributed by atoms with Crippen molar-refractivity contribution in [3.8, 4) is 5.75 Å². The van der Waals surface area contributed by atoms with Gasteiger partial charge in [0.15, 0.2) is 0 Å². The molecule has 2 aromatic rings. The molecule has 1 aromatic carbocycles. The Morgan fingerprint density at radius 2 is 2.16 bits per heavy atom. The Morgan fingerprint density at radius 1 is 1.37 bits per heavy atom. The van der Waals surface area contributed by atoms with Gasteiger partial charge in [0.05, 0.1) is 29.7 Å². The van der Waals surface area contributed by atoms with Crippen LogP contribution in [0.3, 0.4) is 0 Å². The Morgan fingerprint density at radius 3 is 2.84 bits per heavy atom. The standard InChI is InChI=1S/C13H12BrN3O2/c1-8-5-16-10(6-15-8)7-17-13(19)11-4-9(14)2-3-12(11)18/h2-6,18H,7H2,1H3,(H,17,19). The van der Waals surface area contributed by atoms with Crippen LogP contribution in [0, 0.1) is 6.92 Å². The summed E-state index contributed by atoms with van der Waals surface area (Å²) in [6.45, 7) is 2.10. The van der Waals surface area contributed by atoms with Crippen LogP contribution in [0.1, 0.15) is 21.7 Å². The van der Waals surface area contributed by atoms with Gasteiger partial charge in [0, 0.05) is 10.7 Å². The van der Waals surface area contributed by atoms with Gasteiger partial charge in [-0.05, 0) is 25.1 Å². The lowest BCUT2D eigenvalue weighted by Gasteiger charge is -2.07. The van der Waals surface area contributed by atoms with Crippen molar-refractivity contribution in [1.82, 2.24) is 15.3 Å². The summed E-state index contributed by atoms with van der Waals surface area (Å²) in [5, 5.41) is 12.3. The van der Waals surface area contributed by atoms with Crippen molar-refractivity contribution in [2.75, 3.05) is 0 Å². The Hall–Kier alpha value is -1.95. The molecule has 0 unspecified atom stereocenters. The molecule has 0 saturated heterocycles. The number of hydrogen-bond donors (Lipinski definition) is 2. The molecule has 0 bridgehead atoms. The zero-order valence-electron chi connectivity index (χ0n) is 10.2. The highest BCUT2D eigenvalue weighted by Gasteiger charge is 2.11. The van der Waals surface area contributed by atoms with Crippen molar-refractivity contribution in [2.24, 2.45) is 0 Å². The van der Waals surface area contributed by atoms with E-state index in [1.165, 1.54) is 6.07 Å². The number of halogens is 1. The minimum absolute atomic E-state index is 0.0595. The van der Waals surface area contributed by atoms with Gasteiger partial charge in [-0.15, -0.1) is 0 Å². The number of carbonyl (C=O) groups excluding carboxylic acids is 1. The molecule has 0 radical (unpaired) electrons. The Labute approximate surface area is 118 Å². The van der Waals surface area contributed by atoms with E-state index in [1.807, 2.05) is 6.92 Å². The van der Waals surface area contributed by atoms with Gasteiger partial charge in [-0.1, -0.05) is 15.9 Å². The van der Waals surface area contributed by atoms with Crippen molar-refractivity contribution in [3.05, 3.63) is 52.0 Å². The third-order valence-electron chi connectivity index (χ3n) is 2.47. The molecule has 98 valence electrons. The second kappa shape index (κ2) is 5.79. The summed E-state index contributed by atoms with van der Waals surface area (Å²) in [4.78, 5) is 20.1. The molecule has 1 aromatic heterocycles. The minimum atomic E-state index is -0.360. The zero-order chi connectivity index (χ0) is 13.8. The summed E-state index contributed by atoms with van der Waals surface area (Å²) in [5.74, 6) is -0.420. The molecule has 0 aliphatic heterocycles. The average molecular weight is 322 g/mol. The first-order chi connectivity index (χ1) is 9.06. The van der Waals surface area contributed by atoms with Crippen LogP contribution in [0.25, 0.3) is 0 Å². The number of aryl methyl sites for hydroxylation is 1. The fourth-order valence-electron chi connectivity index (χ4n) is 1.47. The molecule has 2 N–H and O–H groups in total. The molecule has 2 rings (SSSR count). The van der Waals surface area contributed by atoms with E-state index in [2.05, 4.69) is 31.2 Å². The van der Waals surface area contributed by atoms with Gasteiger partial charge >= 0.3 is 0 Å². The number of nitrogens with one attached hydrogen (secondary N) is 1. The van der Waals surface area contributed by atoms with Crippen LogP contribution in [0.2, 0.25) is 0 Å². The third-order valence-corrected chi connectivity index (χ3v) is 2.96. The van der Waals surface area contributed by atoms with Gasteiger partial charge in [0.2, 0.25) is 0 Å². The van der Waals surface area contributed by atoms with E-state index in [-0.39, 0.29) is 23.8 Å². The van der Waals surface area contributed by atoms with Crippen LogP contribution in [0.15, 0.2) is 35.1 Å². The highest BCUT2D eigenvalue weighted by molar-refractivity contribution is 9.10. The molecule has 1 amide bonds. The molecule has 19 heavy (non-hydrogen) atoms. The van der Waals surface area contributed by atoms with E-state index < -0.39 is 0 Å². The maximum absolute atomic E-state index is 11.9. The van der Waals surface area contributed by atoms with Crippen molar-refractivity contribution in [2.45, 2.75) is 13.5 Å². The van der Waals surface area contributed by atoms with Crippen molar-refractivity contribution >= 4 is 21.8 Å². The van der Waals surface area contributed by atoms with Crippen LogP contribution in [0.5, 0.6) is 5.75 Å². The lowest BCUT2D eigenvalue weighted by molar-refractivity contribution is 0.0947. The van der Waals surface area contributed by atoms with Gasteiger partial charge in [-0.25, -0.2) is 0 Å². The second-order valence-corrected chi connectivity index (χ2v) is 4.91. The number of phenolic OH excluding ortho intramolecular Hbond substituents is 1. The maximum Gasteiger partial charge on any atom is 0.255 e. The van der Waals surface area contributed by atoms with E-state index >= 15 is 0 Å². The number of nitrogens with zero attached hydrogens (tertiary/aromatic N) is 2. The van der Waals surface area contributed by atoms with Crippen LogP contribution < -0.4 is 5.32 Å². The Balaban J connectivity index is 2.05. The number of benzene rings is 1. The highest BCUT2D eigenvalue weighted by atomic mass is 79.9. The Bertz CT molecular complexity index is 599. The number of rotatable bonds is 3. The van der Waals surface area contributed by atoms with Crippen molar-refractivity contribution in [3.63, 3.8) is 0 Å². The SMILES string of the molecule is Cc1cnc(CNC(=O)c2cc(Br)ccc2O)cn1. The first kappa shape index (κ1) is 13.5. The van der Waals surface area contributed by atoms with Gasteiger partial charge in [-0.2, -0.15) is 0 Å². The van der Waals surface area contributed by atoms with Crippen molar-refractivity contribution in [1.29, 1.82) is 0 Å². The summed E-state index contributed by atoms with van der Waals surface area (Å²) in [7, 11) is 0. The van der Waals surface area contributed by atoms with Crippen molar-refractivity contribution < 1.29 is 9.90 Å². The van der Waals surface area contributed by atoms with Gasteiger partial charge in [0.25, 0.3) is 5.91 Å². The number of amides is 1. The molecule has 0 atom stereocenters. The molecular formula is C13H12BrN3O2. The maximum atomic E-state index is 11.9. The van der Waals surface area contributed by atoms with Crippen LogP contribution >= 0.6 is 15.9 Å². The largest absolute Gasteiger partial charge is 0.507 e. The molecule has 0 saturated carbocycles. The molecule has 0 aliphatic rings.